The number of hydrogen-bond donors (Lipinski definition) is 1. The van der Waals surface area contributed by atoms with Crippen LogP contribution in [-0.4, -0.2) is 19.7 Å². The standard InChI is InChI=1S/C13H20BrNO/c1-3-9-16-13(10-15-4-2)11-5-7-12(14)8-6-11/h5-8,13,15H,3-4,9-10H2,1-2H3. The van der Waals surface area contributed by atoms with E-state index in [0.29, 0.717) is 0 Å². The summed E-state index contributed by atoms with van der Waals surface area (Å²) in [5.74, 6) is 0. The van der Waals surface area contributed by atoms with Gasteiger partial charge in [-0.05, 0) is 30.7 Å². The van der Waals surface area contributed by atoms with Crippen LogP contribution in [-0.2, 0) is 4.74 Å². The Labute approximate surface area is 107 Å². The number of benzene rings is 1. The maximum atomic E-state index is 5.84. The second-order valence-corrected chi connectivity index (χ2v) is 4.63. The zero-order chi connectivity index (χ0) is 11.8. The molecular formula is C13H20BrNO. The summed E-state index contributed by atoms with van der Waals surface area (Å²) in [7, 11) is 0. The van der Waals surface area contributed by atoms with E-state index in [9.17, 15) is 0 Å². The second kappa shape index (κ2) is 7.82. The second-order valence-electron chi connectivity index (χ2n) is 3.72. The van der Waals surface area contributed by atoms with Crippen molar-refractivity contribution in [3.63, 3.8) is 0 Å². The molecule has 0 fully saturated rings. The molecule has 0 aliphatic heterocycles. The van der Waals surface area contributed by atoms with Crippen molar-refractivity contribution in [2.75, 3.05) is 19.7 Å². The third-order valence-corrected chi connectivity index (χ3v) is 2.87. The van der Waals surface area contributed by atoms with Crippen LogP contribution in [0, 0.1) is 0 Å². The molecule has 0 radical (unpaired) electrons. The van der Waals surface area contributed by atoms with E-state index < -0.39 is 0 Å². The Hall–Kier alpha value is -0.380. The Balaban J connectivity index is 2.62. The van der Waals surface area contributed by atoms with Gasteiger partial charge in [-0.15, -0.1) is 0 Å². The average molecular weight is 286 g/mol. The van der Waals surface area contributed by atoms with Crippen molar-refractivity contribution in [3.8, 4) is 0 Å². The smallest absolute Gasteiger partial charge is 0.0949 e. The minimum Gasteiger partial charge on any atom is -0.372 e. The fraction of sp³-hybridized carbons (Fsp3) is 0.538. The Morgan fingerprint density at radius 2 is 1.94 bits per heavy atom. The minimum absolute atomic E-state index is 0.160. The fourth-order valence-electron chi connectivity index (χ4n) is 1.49. The molecule has 2 nitrogen and oxygen atoms in total. The van der Waals surface area contributed by atoms with E-state index in [-0.39, 0.29) is 6.10 Å². The van der Waals surface area contributed by atoms with Gasteiger partial charge in [0.15, 0.2) is 0 Å². The van der Waals surface area contributed by atoms with Crippen LogP contribution in [0.2, 0.25) is 0 Å². The van der Waals surface area contributed by atoms with Crippen LogP contribution in [0.3, 0.4) is 0 Å². The number of likely N-dealkylation sites (N-methyl/N-ethyl adjacent to an activating group) is 1. The molecule has 0 aromatic heterocycles. The summed E-state index contributed by atoms with van der Waals surface area (Å²) in [5, 5.41) is 3.33. The van der Waals surface area contributed by atoms with Gasteiger partial charge in [-0.1, -0.05) is 41.9 Å². The number of ether oxygens (including phenoxy) is 1. The van der Waals surface area contributed by atoms with E-state index in [2.05, 4.69) is 59.4 Å². The maximum absolute atomic E-state index is 5.84. The predicted octanol–water partition coefficient (Wildman–Crippen LogP) is 3.53. The van der Waals surface area contributed by atoms with Crippen molar-refractivity contribution in [1.82, 2.24) is 5.32 Å². The van der Waals surface area contributed by atoms with Gasteiger partial charge in [0.25, 0.3) is 0 Å². The summed E-state index contributed by atoms with van der Waals surface area (Å²) in [6, 6.07) is 8.34. The van der Waals surface area contributed by atoms with Gasteiger partial charge < -0.3 is 10.1 Å². The van der Waals surface area contributed by atoms with Crippen LogP contribution in [0.15, 0.2) is 28.7 Å². The number of nitrogens with one attached hydrogen (secondary N) is 1. The SMILES string of the molecule is CCCOC(CNCC)c1ccc(Br)cc1. The Bertz CT molecular complexity index is 278. The molecule has 0 saturated heterocycles. The molecule has 0 amide bonds. The van der Waals surface area contributed by atoms with Crippen LogP contribution in [0.4, 0.5) is 0 Å². The monoisotopic (exact) mass is 285 g/mol. The molecule has 1 atom stereocenters. The molecule has 0 heterocycles. The van der Waals surface area contributed by atoms with E-state index >= 15 is 0 Å². The van der Waals surface area contributed by atoms with Crippen molar-refractivity contribution < 1.29 is 4.74 Å². The Morgan fingerprint density at radius 1 is 1.25 bits per heavy atom. The third kappa shape index (κ3) is 4.64. The molecule has 1 unspecified atom stereocenters. The highest BCUT2D eigenvalue weighted by Gasteiger charge is 2.10. The lowest BCUT2D eigenvalue weighted by Crippen LogP contribution is -2.23. The molecule has 0 spiro atoms. The summed E-state index contributed by atoms with van der Waals surface area (Å²) in [5.41, 5.74) is 1.23. The van der Waals surface area contributed by atoms with Crippen molar-refractivity contribution in [1.29, 1.82) is 0 Å². The first-order chi connectivity index (χ1) is 7.77. The first kappa shape index (κ1) is 13.7. The molecule has 3 heteroatoms. The predicted molar refractivity (Wildman–Crippen MR) is 71.7 cm³/mol. The summed E-state index contributed by atoms with van der Waals surface area (Å²) in [6.07, 6.45) is 1.21. The van der Waals surface area contributed by atoms with E-state index in [1.54, 1.807) is 0 Å². The zero-order valence-electron chi connectivity index (χ0n) is 10.0. The van der Waals surface area contributed by atoms with Crippen LogP contribution in [0.1, 0.15) is 31.9 Å². The lowest BCUT2D eigenvalue weighted by Gasteiger charge is -2.18. The van der Waals surface area contributed by atoms with Crippen LogP contribution < -0.4 is 5.32 Å². The van der Waals surface area contributed by atoms with Gasteiger partial charge in [0.2, 0.25) is 0 Å². The van der Waals surface area contributed by atoms with Gasteiger partial charge in [-0.2, -0.15) is 0 Å². The van der Waals surface area contributed by atoms with E-state index in [4.69, 9.17) is 4.74 Å². The van der Waals surface area contributed by atoms with Crippen molar-refractivity contribution in [3.05, 3.63) is 34.3 Å². The van der Waals surface area contributed by atoms with Gasteiger partial charge in [0, 0.05) is 17.6 Å². The maximum Gasteiger partial charge on any atom is 0.0949 e. The Kier molecular flexibility index (Phi) is 6.69. The third-order valence-electron chi connectivity index (χ3n) is 2.34. The number of halogens is 1. The van der Waals surface area contributed by atoms with E-state index in [1.807, 2.05) is 0 Å². The van der Waals surface area contributed by atoms with Crippen LogP contribution >= 0.6 is 15.9 Å². The number of rotatable bonds is 7. The molecule has 1 N–H and O–H groups in total. The van der Waals surface area contributed by atoms with Gasteiger partial charge in [-0.3, -0.25) is 0 Å². The molecule has 0 saturated carbocycles. The summed E-state index contributed by atoms with van der Waals surface area (Å²) in [4.78, 5) is 0. The quantitative estimate of drug-likeness (QED) is 0.828. The molecule has 0 aliphatic rings. The summed E-state index contributed by atoms with van der Waals surface area (Å²) < 4.78 is 6.95. The van der Waals surface area contributed by atoms with E-state index in [0.717, 1.165) is 30.6 Å². The lowest BCUT2D eigenvalue weighted by atomic mass is 10.1. The molecule has 1 rings (SSSR count). The highest BCUT2D eigenvalue weighted by Crippen LogP contribution is 2.19. The largest absolute Gasteiger partial charge is 0.372 e. The molecule has 0 bridgehead atoms. The van der Waals surface area contributed by atoms with Crippen LogP contribution in [0.5, 0.6) is 0 Å². The van der Waals surface area contributed by atoms with E-state index in [1.165, 1.54) is 5.56 Å². The average Bonchev–Trinajstić information content (AvgIpc) is 2.31. The van der Waals surface area contributed by atoms with Gasteiger partial charge in [0.1, 0.15) is 0 Å². The molecular weight excluding hydrogens is 266 g/mol. The molecule has 90 valence electrons. The van der Waals surface area contributed by atoms with Gasteiger partial charge in [-0.25, -0.2) is 0 Å². The highest BCUT2D eigenvalue weighted by atomic mass is 79.9. The molecule has 16 heavy (non-hydrogen) atoms. The summed E-state index contributed by atoms with van der Waals surface area (Å²) in [6.45, 7) is 6.90. The fourth-order valence-corrected chi connectivity index (χ4v) is 1.75. The minimum atomic E-state index is 0.160. The highest BCUT2D eigenvalue weighted by molar-refractivity contribution is 9.10. The molecule has 1 aromatic rings. The van der Waals surface area contributed by atoms with Crippen molar-refractivity contribution in [2.24, 2.45) is 0 Å². The normalized spacial score (nSPS) is 12.7. The molecule has 1 aromatic carbocycles. The zero-order valence-corrected chi connectivity index (χ0v) is 11.6. The number of hydrogen-bond acceptors (Lipinski definition) is 2. The molecule has 0 aliphatic carbocycles. The first-order valence-corrected chi connectivity index (χ1v) is 6.65. The van der Waals surface area contributed by atoms with Crippen LogP contribution in [0.25, 0.3) is 0 Å². The summed E-state index contributed by atoms with van der Waals surface area (Å²) >= 11 is 3.44. The van der Waals surface area contributed by atoms with Gasteiger partial charge in [0.05, 0.1) is 6.10 Å². The van der Waals surface area contributed by atoms with Crippen molar-refractivity contribution >= 4 is 15.9 Å². The lowest BCUT2D eigenvalue weighted by molar-refractivity contribution is 0.0534. The van der Waals surface area contributed by atoms with Crippen molar-refractivity contribution in [2.45, 2.75) is 26.4 Å². The van der Waals surface area contributed by atoms with Gasteiger partial charge >= 0.3 is 0 Å². The first-order valence-electron chi connectivity index (χ1n) is 5.85. The Morgan fingerprint density at radius 3 is 2.50 bits per heavy atom. The topological polar surface area (TPSA) is 21.3 Å².